The smallest absolute Gasteiger partial charge is 0.337 e. The fraction of sp³-hybridized carbons (Fsp3) is 0. The first-order chi connectivity index (χ1) is 7.70. The first-order valence-corrected chi connectivity index (χ1v) is 5.00. The van der Waals surface area contributed by atoms with Crippen molar-refractivity contribution in [2.24, 2.45) is 0 Å². The Morgan fingerprint density at radius 2 is 2.06 bits per heavy atom. The largest absolute Gasteiger partial charge is 0.478 e. The Labute approximate surface area is 97.3 Å². The SMILES string of the molecule is O=C(O)c1c(Cl)cccc1-c1cccnc1. The summed E-state index contributed by atoms with van der Waals surface area (Å²) in [6, 6.07) is 8.54. The van der Waals surface area contributed by atoms with Crippen molar-refractivity contribution >= 4 is 17.6 Å². The van der Waals surface area contributed by atoms with E-state index in [-0.39, 0.29) is 10.6 Å². The summed E-state index contributed by atoms with van der Waals surface area (Å²) in [7, 11) is 0. The van der Waals surface area contributed by atoms with Crippen LogP contribution in [0.3, 0.4) is 0 Å². The van der Waals surface area contributed by atoms with Crippen molar-refractivity contribution in [1.82, 2.24) is 4.98 Å². The molecule has 0 saturated carbocycles. The second-order valence-electron chi connectivity index (χ2n) is 3.21. The van der Waals surface area contributed by atoms with E-state index >= 15 is 0 Å². The van der Waals surface area contributed by atoms with Crippen molar-refractivity contribution in [3.8, 4) is 11.1 Å². The highest BCUT2D eigenvalue weighted by Crippen LogP contribution is 2.28. The molecule has 0 amide bonds. The molecule has 0 radical (unpaired) electrons. The van der Waals surface area contributed by atoms with Crippen LogP contribution < -0.4 is 0 Å². The van der Waals surface area contributed by atoms with Gasteiger partial charge in [0.25, 0.3) is 0 Å². The van der Waals surface area contributed by atoms with Crippen LogP contribution in [0.2, 0.25) is 5.02 Å². The van der Waals surface area contributed by atoms with E-state index < -0.39 is 5.97 Å². The number of carboxylic acid groups (broad SMARTS) is 1. The second-order valence-corrected chi connectivity index (χ2v) is 3.62. The molecule has 0 aliphatic rings. The molecule has 16 heavy (non-hydrogen) atoms. The number of nitrogens with zero attached hydrogens (tertiary/aromatic N) is 1. The summed E-state index contributed by atoms with van der Waals surface area (Å²) in [5, 5.41) is 9.33. The molecule has 2 aromatic rings. The summed E-state index contributed by atoms with van der Waals surface area (Å²) < 4.78 is 0. The third-order valence-corrected chi connectivity index (χ3v) is 2.51. The highest BCUT2D eigenvalue weighted by atomic mass is 35.5. The zero-order valence-corrected chi connectivity index (χ0v) is 8.98. The van der Waals surface area contributed by atoms with Crippen LogP contribution in [-0.4, -0.2) is 16.1 Å². The van der Waals surface area contributed by atoms with Crippen LogP contribution in [-0.2, 0) is 0 Å². The molecule has 80 valence electrons. The van der Waals surface area contributed by atoms with Gasteiger partial charge in [-0.3, -0.25) is 4.98 Å². The molecule has 2 rings (SSSR count). The third kappa shape index (κ3) is 1.90. The minimum atomic E-state index is -1.04. The van der Waals surface area contributed by atoms with Gasteiger partial charge in [-0.05, 0) is 17.7 Å². The Morgan fingerprint density at radius 1 is 1.25 bits per heavy atom. The maximum absolute atomic E-state index is 11.1. The van der Waals surface area contributed by atoms with Crippen molar-refractivity contribution < 1.29 is 9.90 Å². The fourth-order valence-electron chi connectivity index (χ4n) is 1.50. The van der Waals surface area contributed by atoms with E-state index in [9.17, 15) is 4.79 Å². The summed E-state index contributed by atoms with van der Waals surface area (Å²) in [6.45, 7) is 0. The first-order valence-electron chi connectivity index (χ1n) is 4.62. The Hall–Kier alpha value is -1.87. The van der Waals surface area contributed by atoms with Crippen molar-refractivity contribution in [3.05, 3.63) is 53.3 Å². The van der Waals surface area contributed by atoms with Crippen molar-refractivity contribution in [2.45, 2.75) is 0 Å². The number of carbonyl (C=O) groups is 1. The quantitative estimate of drug-likeness (QED) is 0.867. The van der Waals surface area contributed by atoms with Gasteiger partial charge >= 0.3 is 5.97 Å². The van der Waals surface area contributed by atoms with Crippen LogP contribution in [0.15, 0.2) is 42.7 Å². The maximum atomic E-state index is 11.1. The Bertz CT molecular complexity index is 526. The average Bonchev–Trinajstić information content (AvgIpc) is 2.29. The van der Waals surface area contributed by atoms with Crippen molar-refractivity contribution in [2.75, 3.05) is 0 Å². The summed E-state index contributed by atoms with van der Waals surface area (Å²) in [5.41, 5.74) is 1.42. The van der Waals surface area contributed by atoms with E-state index in [1.165, 1.54) is 0 Å². The van der Waals surface area contributed by atoms with E-state index in [1.54, 1.807) is 42.7 Å². The van der Waals surface area contributed by atoms with Crippen LogP contribution in [0.25, 0.3) is 11.1 Å². The van der Waals surface area contributed by atoms with Crippen molar-refractivity contribution in [1.29, 1.82) is 0 Å². The monoisotopic (exact) mass is 233 g/mol. The molecular formula is C12H8ClNO2. The number of benzene rings is 1. The second kappa shape index (κ2) is 4.33. The number of rotatable bonds is 2. The van der Waals surface area contributed by atoms with Gasteiger partial charge in [0, 0.05) is 18.0 Å². The van der Waals surface area contributed by atoms with E-state index in [0.29, 0.717) is 5.56 Å². The molecule has 1 heterocycles. The Kier molecular flexibility index (Phi) is 2.88. The number of halogens is 1. The summed E-state index contributed by atoms with van der Waals surface area (Å²) in [6.07, 6.45) is 3.24. The van der Waals surface area contributed by atoms with Gasteiger partial charge in [0.15, 0.2) is 0 Å². The lowest BCUT2D eigenvalue weighted by Gasteiger charge is -2.07. The first kappa shape index (κ1) is 10.6. The van der Waals surface area contributed by atoms with Gasteiger partial charge in [-0.2, -0.15) is 0 Å². The lowest BCUT2D eigenvalue weighted by Crippen LogP contribution is -2.00. The molecule has 1 aromatic heterocycles. The Morgan fingerprint density at radius 3 is 2.69 bits per heavy atom. The Balaban J connectivity index is 2.66. The number of hydrogen-bond donors (Lipinski definition) is 1. The molecule has 1 aromatic carbocycles. The van der Waals surface area contributed by atoms with E-state index in [4.69, 9.17) is 16.7 Å². The highest BCUT2D eigenvalue weighted by Gasteiger charge is 2.15. The number of carboxylic acids is 1. The predicted octanol–water partition coefficient (Wildman–Crippen LogP) is 3.10. The molecular weight excluding hydrogens is 226 g/mol. The lowest BCUT2D eigenvalue weighted by molar-refractivity contribution is 0.0698. The normalized spacial score (nSPS) is 10.1. The zero-order valence-electron chi connectivity index (χ0n) is 8.22. The molecule has 0 spiro atoms. The van der Waals surface area contributed by atoms with Gasteiger partial charge in [0.1, 0.15) is 0 Å². The van der Waals surface area contributed by atoms with Gasteiger partial charge in [-0.1, -0.05) is 29.8 Å². The van der Waals surface area contributed by atoms with Crippen LogP contribution >= 0.6 is 11.6 Å². The highest BCUT2D eigenvalue weighted by molar-refractivity contribution is 6.34. The summed E-state index contributed by atoms with van der Waals surface area (Å²) in [5.74, 6) is -1.04. The van der Waals surface area contributed by atoms with Gasteiger partial charge < -0.3 is 5.11 Å². The lowest BCUT2D eigenvalue weighted by atomic mass is 10.0. The van der Waals surface area contributed by atoms with Crippen LogP contribution in [0.4, 0.5) is 0 Å². The summed E-state index contributed by atoms with van der Waals surface area (Å²) in [4.78, 5) is 15.1. The van der Waals surface area contributed by atoms with Crippen LogP contribution in [0.1, 0.15) is 10.4 Å². The van der Waals surface area contributed by atoms with Gasteiger partial charge in [-0.15, -0.1) is 0 Å². The average molecular weight is 234 g/mol. The summed E-state index contributed by atoms with van der Waals surface area (Å²) >= 11 is 5.87. The molecule has 4 heteroatoms. The number of pyridine rings is 1. The number of hydrogen-bond acceptors (Lipinski definition) is 2. The predicted molar refractivity (Wildman–Crippen MR) is 61.6 cm³/mol. The minimum Gasteiger partial charge on any atom is -0.478 e. The molecule has 3 nitrogen and oxygen atoms in total. The molecule has 0 unspecified atom stereocenters. The maximum Gasteiger partial charge on any atom is 0.337 e. The molecule has 0 aliphatic heterocycles. The molecule has 0 aliphatic carbocycles. The topological polar surface area (TPSA) is 50.2 Å². The molecule has 1 N–H and O–H groups in total. The van der Waals surface area contributed by atoms with Gasteiger partial charge in [-0.25, -0.2) is 4.79 Å². The van der Waals surface area contributed by atoms with Gasteiger partial charge in [0.2, 0.25) is 0 Å². The molecule has 0 saturated heterocycles. The van der Waals surface area contributed by atoms with E-state index in [0.717, 1.165) is 5.56 Å². The molecule has 0 bridgehead atoms. The van der Waals surface area contributed by atoms with Crippen molar-refractivity contribution in [3.63, 3.8) is 0 Å². The van der Waals surface area contributed by atoms with E-state index in [2.05, 4.69) is 4.98 Å². The van der Waals surface area contributed by atoms with Crippen LogP contribution in [0, 0.1) is 0 Å². The standard InChI is InChI=1S/C12H8ClNO2/c13-10-5-1-4-9(11(10)12(15)16)8-3-2-6-14-7-8/h1-7H,(H,15,16). The fourth-order valence-corrected chi connectivity index (χ4v) is 1.76. The third-order valence-electron chi connectivity index (χ3n) is 2.20. The van der Waals surface area contributed by atoms with E-state index in [1.807, 2.05) is 0 Å². The minimum absolute atomic E-state index is 0.108. The van der Waals surface area contributed by atoms with Crippen LogP contribution in [0.5, 0.6) is 0 Å². The molecule has 0 fully saturated rings. The molecule has 0 atom stereocenters. The number of aromatic carboxylic acids is 1. The van der Waals surface area contributed by atoms with Gasteiger partial charge in [0.05, 0.1) is 10.6 Å². The zero-order chi connectivity index (χ0) is 11.5. The number of aromatic nitrogens is 1.